The highest BCUT2D eigenvalue weighted by molar-refractivity contribution is 5.45. The predicted octanol–water partition coefficient (Wildman–Crippen LogP) is 1.99. The minimum atomic E-state index is 0.408. The number of hydrogen-bond donors (Lipinski definition) is 0. The lowest BCUT2D eigenvalue weighted by Crippen LogP contribution is -2.47. The first-order valence-corrected chi connectivity index (χ1v) is 7.71. The van der Waals surface area contributed by atoms with Crippen LogP contribution in [0.1, 0.15) is 24.2 Å². The average molecular weight is 298 g/mol. The van der Waals surface area contributed by atoms with Crippen molar-refractivity contribution < 1.29 is 0 Å². The van der Waals surface area contributed by atoms with Crippen LogP contribution in [0.3, 0.4) is 0 Å². The molecule has 1 unspecified atom stereocenters. The van der Waals surface area contributed by atoms with E-state index in [1.54, 1.807) is 6.20 Å². The Morgan fingerprint density at radius 1 is 1.32 bits per heavy atom. The Hall–Kier alpha value is -2.24. The van der Waals surface area contributed by atoms with Gasteiger partial charge < -0.3 is 9.80 Å². The van der Waals surface area contributed by atoms with Gasteiger partial charge in [-0.05, 0) is 38.8 Å². The van der Waals surface area contributed by atoms with E-state index < -0.39 is 0 Å². The molecule has 2 aromatic heterocycles. The summed E-state index contributed by atoms with van der Waals surface area (Å²) in [5.74, 6) is 1.93. The van der Waals surface area contributed by atoms with Crippen molar-refractivity contribution in [2.24, 2.45) is 0 Å². The van der Waals surface area contributed by atoms with Gasteiger partial charge in [0.25, 0.3) is 0 Å². The summed E-state index contributed by atoms with van der Waals surface area (Å²) in [5, 5.41) is 8.22. The molecule has 3 rings (SSSR count). The molecule has 2 aromatic rings. The first-order chi connectivity index (χ1) is 10.6. The molecule has 6 nitrogen and oxygen atoms in total. The monoisotopic (exact) mass is 298 g/mol. The van der Waals surface area contributed by atoms with Crippen molar-refractivity contribution in [3.63, 3.8) is 0 Å². The van der Waals surface area contributed by atoms with Gasteiger partial charge in [-0.25, -0.2) is 4.98 Å². The third-order valence-electron chi connectivity index (χ3n) is 4.21. The number of aryl methyl sites for hydroxylation is 2. The maximum absolute atomic E-state index is 4.66. The van der Waals surface area contributed by atoms with E-state index in [0.717, 1.165) is 49.0 Å². The number of rotatable bonds is 3. The molecule has 1 aliphatic rings. The maximum atomic E-state index is 4.66. The molecule has 0 bridgehead atoms. The lowest BCUT2D eigenvalue weighted by atomic mass is 10.0. The van der Waals surface area contributed by atoms with Crippen molar-refractivity contribution in [2.75, 3.05) is 29.9 Å². The van der Waals surface area contributed by atoms with E-state index in [1.807, 2.05) is 32.2 Å². The number of likely N-dealkylation sites (N-methyl/N-ethyl adjacent to an activating group) is 1. The normalized spacial score (nSPS) is 18.3. The number of anilines is 2. The molecule has 1 atom stereocenters. The summed E-state index contributed by atoms with van der Waals surface area (Å²) in [4.78, 5) is 13.7. The van der Waals surface area contributed by atoms with E-state index in [0.29, 0.717) is 6.04 Å². The highest BCUT2D eigenvalue weighted by atomic mass is 15.3. The third-order valence-corrected chi connectivity index (χ3v) is 4.21. The molecule has 0 radical (unpaired) electrons. The van der Waals surface area contributed by atoms with Crippen molar-refractivity contribution in [3.05, 3.63) is 35.9 Å². The summed E-state index contributed by atoms with van der Waals surface area (Å²) >= 11 is 0. The van der Waals surface area contributed by atoms with Crippen molar-refractivity contribution in [2.45, 2.75) is 32.7 Å². The summed E-state index contributed by atoms with van der Waals surface area (Å²) in [6.45, 7) is 5.96. The molecule has 0 aromatic carbocycles. The van der Waals surface area contributed by atoms with Crippen molar-refractivity contribution in [3.8, 4) is 0 Å². The highest BCUT2D eigenvalue weighted by Gasteiger charge is 2.26. The summed E-state index contributed by atoms with van der Waals surface area (Å²) in [5.41, 5.74) is 1.93. The summed E-state index contributed by atoms with van der Waals surface area (Å²) in [6.07, 6.45) is 5.83. The van der Waals surface area contributed by atoms with Gasteiger partial charge in [-0.15, -0.1) is 5.10 Å². The van der Waals surface area contributed by atoms with Crippen LogP contribution in [0.25, 0.3) is 0 Å². The lowest BCUT2D eigenvalue weighted by Gasteiger charge is -2.38. The van der Waals surface area contributed by atoms with E-state index in [9.17, 15) is 0 Å². The fraction of sp³-hybridized carbons (Fsp3) is 0.500. The molecule has 6 heteroatoms. The van der Waals surface area contributed by atoms with Gasteiger partial charge in [-0.1, -0.05) is 0 Å². The van der Waals surface area contributed by atoms with Crippen LogP contribution in [0, 0.1) is 13.8 Å². The fourth-order valence-corrected chi connectivity index (χ4v) is 2.97. The SMILES string of the molecule is Cc1cnc(C)c(N(C)C2CCCN(c3cccnn3)C2)n1. The van der Waals surface area contributed by atoms with E-state index >= 15 is 0 Å². The van der Waals surface area contributed by atoms with E-state index in [-0.39, 0.29) is 0 Å². The second kappa shape index (κ2) is 6.25. The molecule has 0 N–H and O–H groups in total. The molecule has 0 spiro atoms. The Labute approximate surface area is 131 Å². The zero-order valence-corrected chi connectivity index (χ0v) is 13.4. The molecule has 116 valence electrons. The largest absolute Gasteiger partial charge is 0.353 e. The zero-order chi connectivity index (χ0) is 15.5. The maximum Gasteiger partial charge on any atom is 0.151 e. The van der Waals surface area contributed by atoms with Crippen LogP contribution in [-0.2, 0) is 0 Å². The minimum absolute atomic E-state index is 0.408. The lowest BCUT2D eigenvalue weighted by molar-refractivity contribution is 0.481. The Morgan fingerprint density at radius 3 is 2.95 bits per heavy atom. The fourth-order valence-electron chi connectivity index (χ4n) is 2.97. The molecule has 3 heterocycles. The number of piperidine rings is 1. The summed E-state index contributed by atoms with van der Waals surface area (Å²) < 4.78 is 0. The first-order valence-electron chi connectivity index (χ1n) is 7.71. The zero-order valence-electron chi connectivity index (χ0n) is 13.4. The van der Waals surface area contributed by atoms with Gasteiger partial charge in [0.2, 0.25) is 0 Å². The second-order valence-electron chi connectivity index (χ2n) is 5.86. The molecule has 0 aliphatic carbocycles. The minimum Gasteiger partial charge on any atom is -0.353 e. The van der Waals surface area contributed by atoms with E-state index in [1.165, 1.54) is 0 Å². The van der Waals surface area contributed by atoms with Gasteiger partial charge >= 0.3 is 0 Å². The Kier molecular flexibility index (Phi) is 4.18. The van der Waals surface area contributed by atoms with Crippen LogP contribution >= 0.6 is 0 Å². The van der Waals surface area contributed by atoms with E-state index in [2.05, 4.69) is 37.0 Å². The molecule has 1 saturated heterocycles. The van der Waals surface area contributed by atoms with Crippen LogP contribution < -0.4 is 9.80 Å². The van der Waals surface area contributed by atoms with Gasteiger partial charge in [0.15, 0.2) is 5.82 Å². The molecular weight excluding hydrogens is 276 g/mol. The predicted molar refractivity (Wildman–Crippen MR) is 87.2 cm³/mol. The Balaban J connectivity index is 1.78. The molecule has 0 saturated carbocycles. The molecule has 1 fully saturated rings. The quantitative estimate of drug-likeness (QED) is 0.863. The molecule has 1 aliphatic heterocycles. The number of hydrogen-bond acceptors (Lipinski definition) is 6. The molecular formula is C16H22N6. The van der Waals surface area contributed by atoms with Crippen LogP contribution in [0.4, 0.5) is 11.6 Å². The first kappa shape index (κ1) is 14.7. The van der Waals surface area contributed by atoms with Crippen LogP contribution in [-0.4, -0.2) is 46.3 Å². The van der Waals surface area contributed by atoms with Gasteiger partial charge in [0.05, 0.1) is 11.4 Å². The average Bonchev–Trinajstić information content (AvgIpc) is 2.57. The van der Waals surface area contributed by atoms with Crippen molar-refractivity contribution >= 4 is 11.6 Å². The van der Waals surface area contributed by atoms with Gasteiger partial charge in [0, 0.05) is 38.6 Å². The molecule has 22 heavy (non-hydrogen) atoms. The third kappa shape index (κ3) is 3.00. The summed E-state index contributed by atoms with van der Waals surface area (Å²) in [6, 6.07) is 4.37. The van der Waals surface area contributed by atoms with Gasteiger partial charge in [-0.2, -0.15) is 5.10 Å². The topological polar surface area (TPSA) is 58.0 Å². The standard InChI is InChI=1S/C16H22N6/c1-12-10-17-13(2)16(19-12)21(3)14-6-5-9-22(11-14)15-7-4-8-18-20-15/h4,7-8,10,14H,5-6,9,11H2,1-3H3. The Morgan fingerprint density at radius 2 is 2.18 bits per heavy atom. The Bertz CT molecular complexity index is 630. The van der Waals surface area contributed by atoms with Crippen LogP contribution in [0.15, 0.2) is 24.5 Å². The van der Waals surface area contributed by atoms with Crippen molar-refractivity contribution in [1.29, 1.82) is 0 Å². The second-order valence-corrected chi connectivity index (χ2v) is 5.86. The van der Waals surface area contributed by atoms with E-state index in [4.69, 9.17) is 0 Å². The summed E-state index contributed by atoms with van der Waals surface area (Å²) in [7, 11) is 2.11. The van der Waals surface area contributed by atoms with Crippen molar-refractivity contribution in [1.82, 2.24) is 20.2 Å². The smallest absolute Gasteiger partial charge is 0.151 e. The number of aromatic nitrogens is 4. The van der Waals surface area contributed by atoms with Crippen LogP contribution in [0.2, 0.25) is 0 Å². The molecule has 0 amide bonds. The highest BCUT2D eigenvalue weighted by Crippen LogP contribution is 2.24. The van der Waals surface area contributed by atoms with Gasteiger partial charge in [0.1, 0.15) is 5.82 Å². The van der Waals surface area contributed by atoms with Crippen LogP contribution in [0.5, 0.6) is 0 Å². The number of nitrogens with zero attached hydrogens (tertiary/aromatic N) is 6. The van der Waals surface area contributed by atoms with Gasteiger partial charge in [-0.3, -0.25) is 4.98 Å².